The van der Waals surface area contributed by atoms with Gasteiger partial charge in [0, 0.05) is 30.7 Å². The van der Waals surface area contributed by atoms with Gasteiger partial charge in [0.2, 0.25) is 0 Å². The van der Waals surface area contributed by atoms with E-state index in [9.17, 15) is 4.79 Å². The molecule has 1 aromatic carbocycles. The van der Waals surface area contributed by atoms with Crippen LogP contribution in [0.5, 0.6) is 0 Å². The number of allylic oxidation sites excluding steroid dienone is 1. The molecule has 3 aliphatic heterocycles. The summed E-state index contributed by atoms with van der Waals surface area (Å²) in [4.78, 5) is 27.2. The number of H-pyrrole nitrogens is 1. The number of hydrogen-bond donors (Lipinski definition) is 2. The molecule has 2 N–H and O–H groups in total. The Morgan fingerprint density at radius 2 is 1.78 bits per heavy atom. The second-order valence-electron chi connectivity index (χ2n) is 10.0. The van der Waals surface area contributed by atoms with Crippen molar-refractivity contribution in [3.8, 4) is 0 Å². The number of fused-ring (bicyclic) bond motifs is 1. The SMILES string of the molecule is O=C(Nc1ccc(N2CCCCC2)nc1)c1n[nH]c2ccc(C3=CC(N4CCCCC4)CN=C3)cc12. The predicted octanol–water partition coefficient (Wildman–Crippen LogP) is 4.52. The summed E-state index contributed by atoms with van der Waals surface area (Å²) >= 11 is 0. The number of aromatic amines is 1. The van der Waals surface area contributed by atoms with Crippen molar-refractivity contribution in [2.45, 2.75) is 44.6 Å². The minimum atomic E-state index is -0.247. The summed E-state index contributed by atoms with van der Waals surface area (Å²) in [6, 6.07) is 10.3. The number of likely N-dealkylation sites (tertiary alicyclic amines) is 1. The van der Waals surface area contributed by atoms with Gasteiger partial charge in [0.15, 0.2) is 5.69 Å². The van der Waals surface area contributed by atoms with Crippen LogP contribution in [-0.2, 0) is 0 Å². The Morgan fingerprint density at radius 3 is 2.56 bits per heavy atom. The number of piperidine rings is 2. The van der Waals surface area contributed by atoms with E-state index in [0.717, 1.165) is 60.6 Å². The quantitative estimate of drug-likeness (QED) is 0.557. The van der Waals surface area contributed by atoms with Crippen LogP contribution in [0.15, 0.2) is 47.6 Å². The van der Waals surface area contributed by atoms with E-state index in [-0.39, 0.29) is 5.91 Å². The first kappa shape index (κ1) is 22.9. The van der Waals surface area contributed by atoms with Crippen LogP contribution in [0.1, 0.15) is 54.6 Å². The molecule has 1 unspecified atom stereocenters. The van der Waals surface area contributed by atoms with Crippen LogP contribution >= 0.6 is 0 Å². The number of carbonyl (C=O) groups is 1. The molecule has 3 aromatic rings. The van der Waals surface area contributed by atoms with Crippen LogP contribution in [0.4, 0.5) is 11.5 Å². The van der Waals surface area contributed by atoms with Crippen LogP contribution in [-0.4, -0.2) is 71.0 Å². The maximum absolute atomic E-state index is 13.1. The predicted molar refractivity (Wildman–Crippen MR) is 145 cm³/mol. The number of rotatable bonds is 5. The van der Waals surface area contributed by atoms with E-state index in [1.54, 1.807) is 6.20 Å². The molecule has 3 aliphatic rings. The Kier molecular flexibility index (Phi) is 6.51. The molecule has 36 heavy (non-hydrogen) atoms. The highest BCUT2D eigenvalue weighted by Gasteiger charge is 2.22. The van der Waals surface area contributed by atoms with Crippen molar-refractivity contribution in [2.75, 3.05) is 42.9 Å². The van der Waals surface area contributed by atoms with E-state index in [1.165, 1.54) is 38.5 Å². The van der Waals surface area contributed by atoms with Gasteiger partial charge in [-0.3, -0.25) is 19.8 Å². The number of pyridine rings is 1. The summed E-state index contributed by atoms with van der Waals surface area (Å²) in [7, 11) is 0. The number of anilines is 2. The topological polar surface area (TPSA) is 89.5 Å². The highest BCUT2D eigenvalue weighted by Crippen LogP contribution is 2.26. The first-order chi connectivity index (χ1) is 17.7. The van der Waals surface area contributed by atoms with Crippen LogP contribution in [0.2, 0.25) is 0 Å². The van der Waals surface area contributed by atoms with E-state index in [2.05, 4.69) is 47.4 Å². The van der Waals surface area contributed by atoms with E-state index < -0.39 is 0 Å². The third-order valence-electron chi connectivity index (χ3n) is 7.55. The molecule has 2 fully saturated rings. The maximum atomic E-state index is 13.1. The van der Waals surface area contributed by atoms with Crippen molar-refractivity contribution in [3.05, 3.63) is 53.9 Å². The molecule has 0 bridgehead atoms. The number of nitrogens with zero attached hydrogens (tertiary/aromatic N) is 5. The Labute approximate surface area is 211 Å². The van der Waals surface area contributed by atoms with Gasteiger partial charge in [0.25, 0.3) is 5.91 Å². The van der Waals surface area contributed by atoms with Gasteiger partial charge in [-0.05, 0) is 80.6 Å². The molecule has 8 heteroatoms. The third-order valence-corrected chi connectivity index (χ3v) is 7.55. The zero-order valence-corrected chi connectivity index (χ0v) is 20.6. The molecule has 2 saturated heterocycles. The summed E-state index contributed by atoms with van der Waals surface area (Å²) in [5.41, 5.74) is 4.04. The molecule has 0 aliphatic carbocycles. The van der Waals surface area contributed by atoms with Crippen LogP contribution in [0, 0.1) is 0 Å². The largest absolute Gasteiger partial charge is 0.357 e. The van der Waals surface area contributed by atoms with Crippen molar-refractivity contribution in [2.24, 2.45) is 4.99 Å². The Hall–Kier alpha value is -3.52. The summed E-state index contributed by atoms with van der Waals surface area (Å²) in [5.74, 6) is 0.719. The van der Waals surface area contributed by atoms with Crippen molar-refractivity contribution in [3.63, 3.8) is 0 Å². The molecule has 2 aromatic heterocycles. The Bertz CT molecular complexity index is 1280. The molecule has 1 atom stereocenters. The van der Waals surface area contributed by atoms with Crippen molar-refractivity contribution < 1.29 is 4.79 Å². The number of nitrogens with one attached hydrogen (secondary N) is 2. The zero-order chi connectivity index (χ0) is 24.3. The second-order valence-corrected chi connectivity index (χ2v) is 10.0. The number of hydrogen-bond acceptors (Lipinski definition) is 6. The van der Waals surface area contributed by atoms with Gasteiger partial charge in [0.1, 0.15) is 5.82 Å². The average Bonchev–Trinajstić information content (AvgIpc) is 3.38. The number of aliphatic imine (C=N–C) groups is 1. The van der Waals surface area contributed by atoms with E-state index in [0.29, 0.717) is 17.4 Å². The van der Waals surface area contributed by atoms with Crippen LogP contribution in [0.3, 0.4) is 0 Å². The summed E-state index contributed by atoms with van der Waals surface area (Å²) < 4.78 is 0. The van der Waals surface area contributed by atoms with E-state index in [4.69, 9.17) is 0 Å². The lowest BCUT2D eigenvalue weighted by Crippen LogP contribution is -2.40. The van der Waals surface area contributed by atoms with Crippen molar-refractivity contribution >= 4 is 40.1 Å². The number of carbonyl (C=O) groups excluding carboxylic acids is 1. The van der Waals surface area contributed by atoms with E-state index in [1.807, 2.05) is 30.5 Å². The number of benzene rings is 1. The number of aromatic nitrogens is 3. The van der Waals surface area contributed by atoms with Crippen LogP contribution < -0.4 is 10.2 Å². The molecular formula is C28H33N7O. The molecule has 186 valence electrons. The summed E-state index contributed by atoms with van der Waals surface area (Å²) in [6.07, 6.45) is 13.6. The van der Waals surface area contributed by atoms with Crippen LogP contribution in [0.25, 0.3) is 16.5 Å². The first-order valence-corrected chi connectivity index (χ1v) is 13.2. The number of amides is 1. The lowest BCUT2D eigenvalue weighted by Gasteiger charge is -2.33. The Balaban J connectivity index is 1.20. The highest BCUT2D eigenvalue weighted by molar-refractivity contribution is 6.14. The van der Waals surface area contributed by atoms with E-state index >= 15 is 0 Å². The van der Waals surface area contributed by atoms with Gasteiger partial charge in [-0.25, -0.2) is 4.98 Å². The average molecular weight is 484 g/mol. The fourth-order valence-corrected chi connectivity index (χ4v) is 5.53. The summed E-state index contributed by atoms with van der Waals surface area (Å²) in [5, 5.41) is 11.1. The molecular weight excluding hydrogens is 450 g/mol. The number of dihydropyridines is 1. The van der Waals surface area contributed by atoms with Gasteiger partial charge < -0.3 is 10.2 Å². The first-order valence-electron chi connectivity index (χ1n) is 13.2. The zero-order valence-electron chi connectivity index (χ0n) is 20.6. The van der Waals surface area contributed by atoms with Gasteiger partial charge >= 0.3 is 0 Å². The monoisotopic (exact) mass is 483 g/mol. The van der Waals surface area contributed by atoms with Crippen molar-refractivity contribution in [1.29, 1.82) is 0 Å². The molecule has 8 nitrogen and oxygen atoms in total. The fraction of sp³-hybridized carbons (Fsp3) is 0.429. The minimum absolute atomic E-state index is 0.247. The minimum Gasteiger partial charge on any atom is -0.357 e. The van der Waals surface area contributed by atoms with Gasteiger partial charge in [-0.1, -0.05) is 18.6 Å². The lowest BCUT2D eigenvalue weighted by atomic mass is 9.98. The second kappa shape index (κ2) is 10.2. The molecule has 1 amide bonds. The standard InChI is InChI=1S/C28H33N7O/c36-28(31-22-8-10-26(30-18-22)35-13-5-2-6-14-35)27-24-16-20(7-9-25(24)32-33-27)21-15-23(19-29-17-21)34-11-3-1-4-12-34/h7-10,15-18,23H,1-6,11-14,19H2,(H,31,36)(H,32,33). The van der Waals surface area contributed by atoms with Gasteiger partial charge in [0.05, 0.1) is 23.9 Å². The van der Waals surface area contributed by atoms with Gasteiger partial charge in [-0.2, -0.15) is 5.10 Å². The molecule has 6 rings (SSSR count). The molecule has 0 radical (unpaired) electrons. The molecule has 0 saturated carbocycles. The highest BCUT2D eigenvalue weighted by atomic mass is 16.1. The van der Waals surface area contributed by atoms with Crippen molar-refractivity contribution in [1.82, 2.24) is 20.1 Å². The Morgan fingerprint density at radius 1 is 0.972 bits per heavy atom. The maximum Gasteiger partial charge on any atom is 0.276 e. The normalized spacial score (nSPS) is 20.9. The van der Waals surface area contributed by atoms with Gasteiger partial charge in [-0.15, -0.1) is 0 Å². The fourth-order valence-electron chi connectivity index (χ4n) is 5.53. The third kappa shape index (κ3) is 4.78. The molecule has 0 spiro atoms. The smallest absolute Gasteiger partial charge is 0.276 e. The lowest BCUT2D eigenvalue weighted by molar-refractivity contribution is 0.102. The summed E-state index contributed by atoms with van der Waals surface area (Å²) in [6.45, 7) is 5.18. The molecule has 5 heterocycles.